The average molecular weight is 185 g/mol. The molecule has 0 radical (unpaired) electrons. The largest absolute Gasteiger partial charge is 0.347 e. The van der Waals surface area contributed by atoms with Crippen molar-refractivity contribution in [2.24, 2.45) is 0 Å². The third-order valence-electron chi connectivity index (χ3n) is 2.16. The lowest BCUT2D eigenvalue weighted by Gasteiger charge is -2.24. The molecule has 0 spiro atoms. The Morgan fingerprint density at radius 1 is 1.62 bits per heavy atom. The van der Waals surface area contributed by atoms with Crippen molar-refractivity contribution < 1.29 is 9.59 Å². The van der Waals surface area contributed by atoms with E-state index in [4.69, 9.17) is 0 Å². The number of carbonyl (C=O) groups is 2. The molecule has 0 aromatic carbocycles. The fraction of sp³-hybridized carbons (Fsp3) is 0.750. The molecule has 1 N–H and O–H groups in total. The maximum atomic E-state index is 11.5. The topological polar surface area (TPSA) is 52.7 Å². The molecule has 1 atom stereocenters. The Hall–Kier alpha value is -1.26. The monoisotopic (exact) mass is 185 g/mol. The Kier molecular flexibility index (Phi) is 2.75. The molecule has 0 saturated carbocycles. The smallest absolute Gasteiger partial charge is 0.318 e. The number of amides is 3. The number of hydrogen-bond donors (Lipinski definition) is 1. The van der Waals surface area contributed by atoms with Crippen LogP contribution in [0.1, 0.15) is 6.92 Å². The van der Waals surface area contributed by atoms with Crippen molar-refractivity contribution in [1.82, 2.24) is 15.1 Å². The van der Waals surface area contributed by atoms with Crippen molar-refractivity contribution >= 4 is 11.9 Å². The first-order valence-electron chi connectivity index (χ1n) is 4.29. The summed E-state index contributed by atoms with van der Waals surface area (Å²) in [7, 11) is 3.37. The molecule has 1 rings (SSSR count). The van der Waals surface area contributed by atoms with Gasteiger partial charge in [0.25, 0.3) is 0 Å². The molecule has 3 amide bonds. The van der Waals surface area contributed by atoms with Gasteiger partial charge in [0.2, 0.25) is 5.91 Å². The van der Waals surface area contributed by atoms with Gasteiger partial charge < -0.3 is 15.1 Å². The molecule has 0 bridgehead atoms. The van der Waals surface area contributed by atoms with Gasteiger partial charge in [0.15, 0.2) is 0 Å². The quantitative estimate of drug-likeness (QED) is 0.630. The number of hydrogen-bond acceptors (Lipinski definition) is 2. The number of likely N-dealkylation sites (N-methyl/N-ethyl adjacent to an activating group) is 1. The van der Waals surface area contributed by atoms with Crippen molar-refractivity contribution in [2.45, 2.75) is 13.0 Å². The van der Waals surface area contributed by atoms with E-state index in [9.17, 15) is 9.59 Å². The summed E-state index contributed by atoms with van der Waals surface area (Å²) in [5, 5.41) is 2.66. The van der Waals surface area contributed by atoms with E-state index in [1.165, 1.54) is 4.90 Å². The van der Waals surface area contributed by atoms with E-state index in [1.807, 2.05) is 0 Å². The van der Waals surface area contributed by atoms with Crippen molar-refractivity contribution in [1.29, 1.82) is 0 Å². The van der Waals surface area contributed by atoms with E-state index in [2.05, 4.69) is 5.32 Å². The van der Waals surface area contributed by atoms with Gasteiger partial charge in [0, 0.05) is 27.2 Å². The van der Waals surface area contributed by atoms with E-state index >= 15 is 0 Å². The Morgan fingerprint density at radius 2 is 2.23 bits per heavy atom. The molecule has 0 aliphatic carbocycles. The molecule has 5 heteroatoms. The molecule has 1 fully saturated rings. The fourth-order valence-electron chi connectivity index (χ4n) is 1.36. The maximum Gasteiger partial charge on any atom is 0.318 e. The van der Waals surface area contributed by atoms with Gasteiger partial charge in [-0.25, -0.2) is 4.79 Å². The first kappa shape index (κ1) is 9.83. The number of urea groups is 1. The normalized spacial score (nSPS) is 18.4. The van der Waals surface area contributed by atoms with Crippen LogP contribution in [-0.2, 0) is 4.79 Å². The molecule has 5 nitrogen and oxygen atoms in total. The van der Waals surface area contributed by atoms with Gasteiger partial charge >= 0.3 is 6.03 Å². The van der Waals surface area contributed by atoms with Crippen LogP contribution >= 0.6 is 0 Å². The second kappa shape index (κ2) is 3.64. The fourth-order valence-corrected chi connectivity index (χ4v) is 1.36. The van der Waals surface area contributed by atoms with E-state index in [1.54, 1.807) is 25.9 Å². The summed E-state index contributed by atoms with van der Waals surface area (Å²) in [6.07, 6.45) is 0. The van der Waals surface area contributed by atoms with Gasteiger partial charge in [-0.1, -0.05) is 0 Å². The molecular weight excluding hydrogens is 170 g/mol. The lowest BCUT2D eigenvalue weighted by Crippen LogP contribution is -2.45. The van der Waals surface area contributed by atoms with Crippen LogP contribution < -0.4 is 5.32 Å². The Bertz CT molecular complexity index is 227. The van der Waals surface area contributed by atoms with Gasteiger partial charge in [-0.3, -0.25) is 4.79 Å². The van der Waals surface area contributed by atoms with Gasteiger partial charge in [-0.15, -0.1) is 0 Å². The lowest BCUT2D eigenvalue weighted by atomic mass is 10.2. The Balaban J connectivity index is 2.61. The summed E-state index contributed by atoms with van der Waals surface area (Å²) in [5.74, 6) is -0.0444. The minimum atomic E-state index is -0.363. The highest BCUT2D eigenvalue weighted by molar-refractivity contribution is 5.87. The molecule has 1 heterocycles. The maximum absolute atomic E-state index is 11.5. The van der Waals surface area contributed by atoms with Crippen LogP contribution in [-0.4, -0.2) is 55.0 Å². The highest BCUT2D eigenvalue weighted by atomic mass is 16.2. The van der Waals surface area contributed by atoms with Crippen molar-refractivity contribution in [2.75, 3.05) is 27.2 Å². The standard InChI is InChI=1S/C8H15N3O2/c1-6(7(12)10(2)3)11-5-4-9-8(11)13/h6H,4-5H2,1-3H3,(H,9,13). The zero-order chi connectivity index (χ0) is 10.0. The predicted molar refractivity (Wildman–Crippen MR) is 48.3 cm³/mol. The van der Waals surface area contributed by atoms with Crippen LogP contribution in [0.2, 0.25) is 0 Å². The number of carbonyl (C=O) groups excluding carboxylic acids is 2. The summed E-state index contributed by atoms with van der Waals surface area (Å²) in [6, 6.07) is -0.514. The second-order valence-electron chi connectivity index (χ2n) is 3.33. The third-order valence-corrected chi connectivity index (χ3v) is 2.16. The first-order chi connectivity index (χ1) is 6.04. The summed E-state index contributed by atoms with van der Waals surface area (Å²) in [5.41, 5.74) is 0. The van der Waals surface area contributed by atoms with Crippen LogP contribution in [0, 0.1) is 0 Å². The van der Waals surface area contributed by atoms with E-state index in [-0.39, 0.29) is 18.0 Å². The first-order valence-corrected chi connectivity index (χ1v) is 4.29. The van der Waals surface area contributed by atoms with Crippen molar-refractivity contribution in [3.8, 4) is 0 Å². The van der Waals surface area contributed by atoms with E-state index < -0.39 is 0 Å². The molecule has 74 valence electrons. The van der Waals surface area contributed by atoms with Gasteiger partial charge in [-0.2, -0.15) is 0 Å². The van der Waals surface area contributed by atoms with Gasteiger partial charge in [-0.05, 0) is 6.92 Å². The van der Waals surface area contributed by atoms with Gasteiger partial charge in [0.05, 0.1) is 0 Å². The highest BCUT2D eigenvalue weighted by Crippen LogP contribution is 2.05. The minimum Gasteiger partial charge on any atom is -0.347 e. The number of nitrogens with one attached hydrogen (secondary N) is 1. The molecule has 1 aliphatic rings. The zero-order valence-electron chi connectivity index (χ0n) is 8.20. The van der Waals surface area contributed by atoms with Crippen LogP contribution in [0.25, 0.3) is 0 Å². The summed E-state index contributed by atoms with van der Waals surface area (Å²) in [6.45, 7) is 2.98. The molecule has 1 unspecified atom stereocenters. The van der Waals surface area contributed by atoms with Crippen LogP contribution in [0.5, 0.6) is 0 Å². The molecule has 0 aromatic heterocycles. The Morgan fingerprint density at radius 3 is 2.62 bits per heavy atom. The molecule has 1 aliphatic heterocycles. The SMILES string of the molecule is CC(C(=O)N(C)C)N1CCNC1=O. The van der Waals surface area contributed by atoms with Crippen molar-refractivity contribution in [3.05, 3.63) is 0 Å². The second-order valence-corrected chi connectivity index (χ2v) is 3.33. The zero-order valence-corrected chi connectivity index (χ0v) is 8.20. The highest BCUT2D eigenvalue weighted by Gasteiger charge is 2.29. The predicted octanol–water partition coefficient (Wildman–Crippen LogP) is -0.512. The van der Waals surface area contributed by atoms with Gasteiger partial charge in [0.1, 0.15) is 6.04 Å². The van der Waals surface area contributed by atoms with Crippen LogP contribution in [0.4, 0.5) is 4.79 Å². The van der Waals surface area contributed by atoms with E-state index in [0.717, 1.165) is 0 Å². The average Bonchev–Trinajstić information content (AvgIpc) is 2.48. The van der Waals surface area contributed by atoms with Crippen molar-refractivity contribution in [3.63, 3.8) is 0 Å². The third kappa shape index (κ3) is 1.91. The lowest BCUT2D eigenvalue weighted by molar-refractivity contribution is -0.132. The summed E-state index contributed by atoms with van der Waals surface area (Å²) in [4.78, 5) is 25.7. The minimum absolute atomic E-state index is 0.0444. The van der Waals surface area contributed by atoms with E-state index in [0.29, 0.717) is 13.1 Å². The molecule has 0 aromatic rings. The molecular formula is C8H15N3O2. The van der Waals surface area contributed by atoms with Crippen LogP contribution in [0.3, 0.4) is 0 Å². The summed E-state index contributed by atoms with van der Waals surface area (Å²) >= 11 is 0. The number of rotatable bonds is 2. The Labute approximate surface area is 77.7 Å². The number of nitrogens with zero attached hydrogens (tertiary/aromatic N) is 2. The summed E-state index contributed by atoms with van der Waals surface area (Å²) < 4.78 is 0. The van der Waals surface area contributed by atoms with Crippen LogP contribution in [0.15, 0.2) is 0 Å². The molecule has 13 heavy (non-hydrogen) atoms. The molecule has 1 saturated heterocycles.